The normalized spacial score (nSPS) is 23.6. The summed E-state index contributed by atoms with van der Waals surface area (Å²) >= 11 is 0. The third-order valence-electron chi connectivity index (χ3n) is 8.30. The monoisotopic (exact) mass is 514 g/mol. The number of amides is 2. The van der Waals surface area contributed by atoms with Crippen LogP contribution >= 0.6 is 0 Å². The number of hydrogen-bond donors (Lipinski definition) is 2. The first-order chi connectivity index (χ1) is 18.4. The number of H-pyrrole nitrogens is 1. The molecule has 0 bridgehead atoms. The minimum Gasteiger partial charge on any atom is -0.508 e. The largest absolute Gasteiger partial charge is 0.508 e. The standard InChI is InChI=1S/C30H34N4O4/c1-30-18-24-23-17-22(38-2)10-11-25(23)31-27(24)28(20-8-6-9-21(35)16-20)34(30)26(36)19-33(29(30)37)15-7-14-32-12-4-3-5-13-32/h3-4,6,8-11,16-17,28,31,35H,5,7,12-15,18-19H2,1-2H3/t28-,30+/m1/s1. The van der Waals surface area contributed by atoms with Gasteiger partial charge in [-0.3, -0.25) is 14.5 Å². The topological polar surface area (TPSA) is 89.1 Å². The second-order valence-electron chi connectivity index (χ2n) is 10.8. The number of aromatic hydroxyl groups is 1. The molecule has 1 saturated heterocycles. The van der Waals surface area contributed by atoms with Gasteiger partial charge in [0.15, 0.2) is 0 Å². The number of nitrogens with zero attached hydrogens (tertiary/aromatic N) is 3. The fourth-order valence-corrected chi connectivity index (χ4v) is 6.46. The second-order valence-corrected chi connectivity index (χ2v) is 10.8. The molecule has 3 aromatic rings. The SMILES string of the molecule is COc1ccc2[nH]c3c(c2c1)C[C@@]1(C)C(=O)N(CCCN2CC=CCC2)CC(=O)N1[C@@H]3c1cccc(O)c1. The third kappa shape index (κ3) is 4.04. The summed E-state index contributed by atoms with van der Waals surface area (Å²) in [7, 11) is 1.64. The van der Waals surface area contributed by atoms with Gasteiger partial charge in [-0.25, -0.2) is 0 Å². The van der Waals surface area contributed by atoms with Crippen LogP contribution in [0.1, 0.15) is 42.6 Å². The van der Waals surface area contributed by atoms with Gasteiger partial charge in [0.1, 0.15) is 17.0 Å². The zero-order valence-corrected chi connectivity index (χ0v) is 21.9. The molecule has 2 atom stereocenters. The molecule has 6 rings (SSSR count). The van der Waals surface area contributed by atoms with Crippen LogP contribution in [0.2, 0.25) is 0 Å². The van der Waals surface area contributed by atoms with Crippen LogP contribution in [0.25, 0.3) is 10.9 Å². The smallest absolute Gasteiger partial charge is 0.249 e. The highest BCUT2D eigenvalue weighted by Crippen LogP contribution is 2.47. The number of aromatic nitrogens is 1. The van der Waals surface area contributed by atoms with Crippen molar-refractivity contribution in [3.8, 4) is 11.5 Å². The number of ether oxygens (including phenoxy) is 1. The summed E-state index contributed by atoms with van der Waals surface area (Å²) in [6.07, 6.45) is 6.69. The van der Waals surface area contributed by atoms with Crippen LogP contribution in [-0.2, 0) is 16.0 Å². The third-order valence-corrected chi connectivity index (χ3v) is 8.30. The van der Waals surface area contributed by atoms with Crippen molar-refractivity contribution in [2.45, 2.75) is 37.8 Å². The number of phenolic OH excluding ortho intramolecular Hbond substituents is 1. The van der Waals surface area contributed by atoms with Gasteiger partial charge in [0, 0.05) is 49.2 Å². The lowest BCUT2D eigenvalue weighted by atomic mass is 9.78. The van der Waals surface area contributed by atoms with Crippen LogP contribution in [-0.4, -0.2) is 82.0 Å². The number of piperazine rings is 1. The lowest BCUT2D eigenvalue weighted by Crippen LogP contribution is -2.69. The van der Waals surface area contributed by atoms with Crippen molar-refractivity contribution in [3.63, 3.8) is 0 Å². The second kappa shape index (κ2) is 9.51. The molecule has 38 heavy (non-hydrogen) atoms. The fourth-order valence-electron chi connectivity index (χ4n) is 6.46. The Kier molecular flexibility index (Phi) is 6.14. The predicted octanol–water partition coefficient (Wildman–Crippen LogP) is 3.61. The first kappa shape index (κ1) is 24.6. The zero-order chi connectivity index (χ0) is 26.4. The van der Waals surface area contributed by atoms with E-state index in [1.165, 1.54) is 0 Å². The average molecular weight is 515 g/mol. The van der Waals surface area contributed by atoms with E-state index in [9.17, 15) is 14.7 Å². The zero-order valence-electron chi connectivity index (χ0n) is 21.9. The quantitative estimate of drug-likeness (QED) is 0.491. The molecule has 2 amide bonds. The Morgan fingerprint density at radius 2 is 2.00 bits per heavy atom. The van der Waals surface area contributed by atoms with Gasteiger partial charge in [0.05, 0.1) is 19.7 Å². The van der Waals surface area contributed by atoms with E-state index in [1.807, 2.05) is 31.2 Å². The lowest BCUT2D eigenvalue weighted by molar-refractivity contribution is -0.167. The van der Waals surface area contributed by atoms with Crippen LogP contribution in [0.4, 0.5) is 0 Å². The Balaban J connectivity index is 1.39. The lowest BCUT2D eigenvalue weighted by Gasteiger charge is -2.53. The van der Waals surface area contributed by atoms with Crippen molar-refractivity contribution < 1.29 is 19.4 Å². The molecule has 8 nitrogen and oxygen atoms in total. The number of benzene rings is 2. The van der Waals surface area contributed by atoms with Gasteiger partial charge in [-0.2, -0.15) is 0 Å². The Labute approximate surface area is 222 Å². The van der Waals surface area contributed by atoms with Gasteiger partial charge >= 0.3 is 0 Å². The summed E-state index contributed by atoms with van der Waals surface area (Å²) in [6, 6.07) is 12.3. The van der Waals surface area contributed by atoms with Crippen LogP contribution in [0.5, 0.6) is 11.5 Å². The minimum atomic E-state index is -1.05. The maximum atomic E-state index is 14.2. The van der Waals surface area contributed by atoms with Crippen molar-refractivity contribution in [3.05, 3.63) is 71.4 Å². The number of fused-ring (bicyclic) bond motifs is 4. The average Bonchev–Trinajstić information content (AvgIpc) is 3.28. The summed E-state index contributed by atoms with van der Waals surface area (Å²) in [4.78, 5) is 37.5. The van der Waals surface area contributed by atoms with Crippen LogP contribution in [0.15, 0.2) is 54.6 Å². The first-order valence-electron chi connectivity index (χ1n) is 13.4. The van der Waals surface area contributed by atoms with E-state index in [1.54, 1.807) is 35.1 Å². The Hall–Kier alpha value is -3.78. The molecule has 8 heteroatoms. The molecular formula is C30H34N4O4. The van der Waals surface area contributed by atoms with Crippen molar-refractivity contribution in [1.29, 1.82) is 0 Å². The summed E-state index contributed by atoms with van der Waals surface area (Å²) in [6.45, 7) is 5.39. The van der Waals surface area contributed by atoms with E-state index in [2.05, 4.69) is 22.0 Å². The number of aromatic amines is 1. The molecule has 0 saturated carbocycles. The number of carbonyl (C=O) groups excluding carboxylic acids is 2. The Morgan fingerprint density at radius 3 is 2.76 bits per heavy atom. The van der Waals surface area contributed by atoms with Crippen molar-refractivity contribution in [2.24, 2.45) is 0 Å². The maximum Gasteiger partial charge on any atom is 0.249 e. The predicted molar refractivity (Wildman–Crippen MR) is 145 cm³/mol. The minimum absolute atomic E-state index is 0.0244. The first-order valence-corrected chi connectivity index (χ1v) is 13.4. The van der Waals surface area contributed by atoms with Gasteiger partial charge in [0.25, 0.3) is 0 Å². The number of methoxy groups -OCH3 is 1. The number of nitrogens with one attached hydrogen (secondary N) is 1. The van der Waals surface area contributed by atoms with Crippen molar-refractivity contribution in [1.82, 2.24) is 19.7 Å². The molecule has 0 radical (unpaired) electrons. The molecule has 2 aromatic carbocycles. The van der Waals surface area contributed by atoms with E-state index >= 15 is 0 Å². The molecule has 1 fully saturated rings. The van der Waals surface area contributed by atoms with E-state index in [0.29, 0.717) is 13.0 Å². The van der Waals surface area contributed by atoms with Gasteiger partial charge in [-0.05, 0) is 61.2 Å². The number of carbonyl (C=O) groups is 2. The summed E-state index contributed by atoms with van der Waals surface area (Å²) < 4.78 is 5.50. The van der Waals surface area contributed by atoms with E-state index in [4.69, 9.17) is 4.74 Å². The van der Waals surface area contributed by atoms with E-state index < -0.39 is 11.6 Å². The molecule has 0 unspecified atom stereocenters. The highest BCUT2D eigenvalue weighted by molar-refractivity contribution is 6.00. The van der Waals surface area contributed by atoms with Crippen molar-refractivity contribution >= 4 is 22.7 Å². The van der Waals surface area contributed by atoms with E-state index in [-0.39, 0.29) is 24.1 Å². The summed E-state index contributed by atoms with van der Waals surface area (Å²) in [5.41, 5.74) is 2.53. The summed E-state index contributed by atoms with van der Waals surface area (Å²) in [5, 5.41) is 11.3. The van der Waals surface area contributed by atoms with Crippen LogP contribution in [0, 0.1) is 0 Å². The number of phenols is 1. The molecule has 198 valence electrons. The van der Waals surface area contributed by atoms with E-state index in [0.717, 1.165) is 65.9 Å². The van der Waals surface area contributed by atoms with Gasteiger partial charge in [-0.15, -0.1) is 0 Å². The fraction of sp³-hybridized carbons (Fsp3) is 0.400. The molecule has 4 heterocycles. The maximum absolute atomic E-state index is 14.2. The molecule has 2 N–H and O–H groups in total. The Morgan fingerprint density at radius 1 is 1.13 bits per heavy atom. The molecule has 1 aromatic heterocycles. The highest BCUT2D eigenvalue weighted by Gasteiger charge is 2.55. The molecular weight excluding hydrogens is 480 g/mol. The van der Waals surface area contributed by atoms with Gasteiger partial charge in [-0.1, -0.05) is 24.3 Å². The van der Waals surface area contributed by atoms with Crippen LogP contribution in [0.3, 0.4) is 0 Å². The number of rotatable bonds is 6. The van der Waals surface area contributed by atoms with Gasteiger partial charge < -0.3 is 24.6 Å². The van der Waals surface area contributed by atoms with Gasteiger partial charge in [0.2, 0.25) is 11.8 Å². The highest BCUT2D eigenvalue weighted by atomic mass is 16.5. The molecule has 0 spiro atoms. The van der Waals surface area contributed by atoms with Crippen LogP contribution < -0.4 is 4.74 Å². The molecule has 3 aliphatic heterocycles. The molecule has 0 aliphatic carbocycles. The Bertz CT molecular complexity index is 1430. The summed E-state index contributed by atoms with van der Waals surface area (Å²) in [5.74, 6) is 0.756. The number of hydrogen-bond acceptors (Lipinski definition) is 5. The molecule has 3 aliphatic rings. The van der Waals surface area contributed by atoms with Crippen molar-refractivity contribution in [2.75, 3.05) is 39.8 Å².